The molecular formula is C13H18N2S. The molecule has 1 aromatic heterocycles. The Morgan fingerprint density at radius 3 is 2.69 bits per heavy atom. The fraction of sp³-hybridized carbons (Fsp3) is 0.462. The largest absolute Gasteiger partial charge is 0.308 e. The summed E-state index contributed by atoms with van der Waals surface area (Å²) in [7, 11) is 0. The maximum absolute atomic E-state index is 4.60. The van der Waals surface area contributed by atoms with E-state index in [4.69, 9.17) is 0 Å². The quantitative estimate of drug-likeness (QED) is 0.876. The fourth-order valence-electron chi connectivity index (χ4n) is 1.48. The highest BCUT2D eigenvalue weighted by Crippen LogP contribution is 2.21. The van der Waals surface area contributed by atoms with Crippen molar-refractivity contribution in [1.82, 2.24) is 10.3 Å². The molecule has 1 unspecified atom stereocenters. The zero-order chi connectivity index (χ0) is 11.5. The number of hydrogen-bond acceptors (Lipinski definition) is 3. The van der Waals surface area contributed by atoms with Crippen molar-refractivity contribution in [2.45, 2.75) is 33.4 Å². The van der Waals surface area contributed by atoms with Gasteiger partial charge in [-0.3, -0.25) is 0 Å². The van der Waals surface area contributed by atoms with Crippen LogP contribution in [-0.2, 0) is 6.54 Å². The van der Waals surface area contributed by atoms with Gasteiger partial charge in [0.05, 0.1) is 10.2 Å². The summed E-state index contributed by atoms with van der Waals surface area (Å²) in [5, 5.41) is 4.68. The van der Waals surface area contributed by atoms with Gasteiger partial charge in [-0.05, 0) is 25.0 Å². The first-order valence-corrected chi connectivity index (χ1v) is 6.56. The Morgan fingerprint density at radius 1 is 1.25 bits per heavy atom. The monoisotopic (exact) mass is 234 g/mol. The summed E-state index contributed by atoms with van der Waals surface area (Å²) < 4.78 is 1.27. The molecule has 0 amide bonds. The van der Waals surface area contributed by atoms with Crippen molar-refractivity contribution in [2.75, 3.05) is 0 Å². The lowest BCUT2D eigenvalue weighted by Gasteiger charge is -2.16. The number of fused-ring (bicyclic) bond motifs is 1. The Morgan fingerprint density at radius 2 is 2.00 bits per heavy atom. The van der Waals surface area contributed by atoms with Crippen molar-refractivity contribution >= 4 is 21.6 Å². The number of benzene rings is 1. The van der Waals surface area contributed by atoms with Gasteiger partial charge in [0.15, 0.2) is 0 Å². The minimum Gasteiger partial charge on any atom is -0.308 e. The van der Waals surface area contributed by atoms with Crippen LogP contribution in [0.1, 0.15) is 25.8 Å². The highest BCUT2D eigenvalue weighted by Gasteiger charge is 2.08. The Hall–Kier alpha value is -0.930. The maximum atomic E-state index is 4.60. The van der Waals surface area contributed by atoms with E-state index in [1.54, 1.807) is 11.3 Å². The van der Waals surface area contributed by atoms with E-state index in [0.29, 0.717) is 12.0 Å². The molecule has 0 aliphatic carbocycles. The number of nitrogens with zero attached hydrogens (tertiary/aromatic N) is 1. The summed E-state index contributed by atoms with van der Waals surface area (Å²) in [6, 6.07) is 8.83. The van der Waals surface area contributed by atoms with E-state index >= 15 is 0 Å². The van der Waals surface area contributed by atoms with Gasteiger partial charge >= 0.3 is 0 Å². The summed E-state index contributed by atoms with van der Waals surface area (Å²) in [6.07, 6.45) is 0. The summed E-state index contributed by atoms with van der Waals surface area (Å²) in [5.74, 6) is 0.661. The molecule has 2 rings (SSSR count). The first-order valence-electron chi connectivity index (χ1n) is 5.74. The van der Waals surface area contributed by atoms with Crippen LogP contribution in [0.4, 0.5) is 0 Å². The van der Waals surface area contributed by atoms with E-state index in [9.17, 15) is 0 Å². The molecule has 0 aliphatic rings. The lowest BCUT2D eigenvalue weighted by Crippen LogP contribution is -2.30. The molecule has 0 spiro atoms. The second kappa shape index (κ2) is 4.93. The fourth-order valence-corrected chi connectivity index (χ4v) is 2.40. The van der Waals surface area contributed by atoms with Gasteiger partial charge in [0.2, 0.25) is 0 Å². The first-order chi connectivity index (χ1) is 7.66. The molecule has 0 saturated heterocycles. The molecule has 1 aromatic carbocycles. The third-order valence-electron chi connectivity index (χ3n) is 2.91. The van der Waals surface area contributed by atoms with Crippen LogP contribution in [0.5, 0.6) is 0 Å². The molecule has 86 valence electrons. The highest BCUT2D eigenvalue weighted by atomic mass is 32.1. The third-order valence-corrected chi connectivity index (χ3v) is 3.95. The van der Waals surface area contributed by atoms with Gasteiger partial charge in [-0.1, -0.05) is 26.0 Å². The van der Waals surface area contributed by atoms with E-state index in [1.165, 1.54) is 9.71 Å². The number of hydrogen-bond donors (Lipinski definition) is 1. The molecule has 0 radical (unpaired) electrons. The van der Waals surface area contributed by atoms with Gasteiger partial charge < -0.3 is 5.32 Å². The minimum atomic E-state index is 0.534. The second-order valence-corrected chi connectivity index (χ2v) is 5.60. The molecule has 2 aromatic rings. The van der Waals surface area contributed by atoms with Crippen molar-refractivity contribution in [3.63, 3.8) is 0 Å². The molecule has 0 saturated carbocycles. The number of rotatable bonds is 4. The van der Waals surface area contributed by atoms with Crippen LogP contribution in [0.25, 0.3) is 10.2 Å². The number of nitrogens with one attached hydrogen (secondary N) is 1. The molecule has 3 heteroatoms. The Balaban J connectivity index is 2.05. The zero-order valence-electron chi connectivity index (χ0n) is 10.0. The normalized spacial score (nSPS) is 13.5. The van der Waals surface area contributed by atoms with Gasteiger partial charge in [-0.2, -0.15) is 0 Å². The predicted octanol–water partition coefficient (Wildman–Crippen LogP) is 3.43. The highest BCUT2D eigenvalue weighted by molar-refractivity contribution is 7.18. The Labute approximate surface area is 101 Å². The summed E-state index contributed by atoms with van der Waals surface area (Å²) >= 11 is 1.78. The molecule has 0 fully saturated rings. The van der Waals surface area contributed by atoms with Crippen molar-refractivity contribution in [3.8, 4) is 0 Å². The van der Waals surface area contributed by atoms with Crippen LogP contribution in [0.15, 0.2) is 24.3 Å². The third kappa shape index (κ3) is 2.60. The molecule has 16 heavy (non-hydrogen) atoms. The van der Waals surface area contributed by atoms with Gasteiger partial charge in [-0.15, -0.1) is 11.3 Å². The van der Waals surface area contributed by atoms with Crippen LogP contribution in [0.2, 0.25) is 0 Å². The van der Waals surface area contributed by atoms with Gasteiger partial charge in [0.1, 0.15) is 5.01 Å². The molecule has 0 aliphatic heterocycles. The van der Waals surface area contributed by atoms with E-state index in [0.717, 1.165) is 12.1 Å². The summed E-state index contributed by atoms with van der Waals surface area (Å²) in [5.41, 5.74) is 1.11. The number of aromatic nitrogens is 1. The van der Waals surface area contributed by atoms with Crippen molar-refractivity contribution in [2.24, 2.45) is 5.92 Å². The van der Waals surface area contributed by atoms with E-state index < -0.39 is 0 Å². The van der Waals surface area contributed by atoms with Crippen molar-refractivity contribution < 1.29 is 0 Å². The molecular weight excluding hydrogens is 216 g/mol. The maximum Gasteiger partial charge on any atom is 0.108 e. The molecule has 1 N–H and O–H groups in total. The predicted molar refractivity (Wildman–Crippen MR) is 70.8 cm³/mol. The molecule has 2 nitrogen and oxygen atoms in total. The molecule has 1 atom stereocenters. The number of thiazole rings is 1. The molecule has 1 heterocycles. The van der Waals surface area contributed by atoms with E-state index in [2.05, 4.69) is 49.3 Å². The van der Waals surface area contributed by atoms with E-state index in [1.807, 2.05) is 6.07 Å². The average molecular weight is 234 g/mol. The first kappa shape index (κ1) is 11.6. The van der Waals surface area contributed by atoms with Crippen LogP contribution in [-0.4, -0.2) is 11.0 Å². The standard InChI is InChI=1S/C13H18N2S/c1-9(2)10(3)14-8-13-15-11-6-4-5-7-12(11)16-13/h4-7,9-10,14H,8H2,1-3H3. The Bertz CT molecular complexity index is 429. The smallest absolute Gasteiger partial charge is 0.108 e. The SMILES string of the molecule is CC(C)C(C)NCc1nc2ccccc2s1. The Kier molecular flexibility index (Phi) is 3.56. The summed E-state index contributed by atoms with van der Waals surface area (Å²) in [4.78, 5) is 4.60. The van der Waals surface area contributed by atoms with E-state index in [-0.39, 0.29) is 0 Å². The number of para-hydroxylation sites is 1. The van der Waals surface area contributed by atoms with Gasteiger partial charge in [-0.25, -0.2) is 4.98 Å². The van der Waals surface area contributed by atoms with Crippen molar-refractivity contribution in [1.29, 1.82) is 0 Å². The molecule has 0 bridgehead atoms. The lowest BCUT2D eigenvalue weighted by atomic mass is 10.1. The summed E-state index contributed by atoms with van der Waals surface area (Å²) in [6.45, 7) is 7.56. The van der Waals surface area contributed by atoms with Gasteiger partial charge in [0, 0.05) is 12.6 Å². The lowest BCUT2D eigenvalue weighted by molar-refractivity contribution is 0.426. The zero-order valence-corrected chi connectivity index (χ0v) is 10.8. The second-order valence-electron chi connectivity index (χ2n) is 4.49. The van der Waals surface area contributed by atoms with Crippen molar-refractivity contribution in [3.05, 3.63) is 29.3 Å². The van der Waals surface area contributed by atoms with Crippen LogP contribution in [0.3, 0.4) is 0 Å². The van der Waals surface area contributed by atoms with Crippen LogP contribution < -0.4 is 5.32 Å². The topological polar surface area (TPSA) is 24.9 Å². The average Bonchev–Trinajstić information content (AvgIpc) is 2.68. The van der Waals surface area contributed by atoms with Gasteiger partial charge in [0.25, 0.3) is 0 Å². The van der Waals surface area contributed by atoms with Crippen LogP contribution >= 0.6 is 11.3 Å². The minimum absolute atomic E-state index is 0.534. The van der Waals surface area contributed by atoms with Crippen LogP contribution in [0, 0.1) is 5.92 Å².